The highest BCUT2D eigenvalue weighted by atomic mass is 16.5. The number of carbonyl (C=O) groups is 1. The number of morpholine rings is 1. The van der Waals surface area contributed by atoms with Crippen LogP contribution in [0.1, 0.15) is 44.9 Å². The molecular weight excluding hydrogens is 258 g/mol. The maximum Gasteiger partial charge on any atom is 0.236 e. The highest BCUT2D eigenvalue weighted by Crippen LogP contribution is 2.42. The van der Waals surface area contributed by atoms with E-state index >= 15 is 0 Å². The summed E-state index contributed by atoms with van der Waals surface area (Å²) in [5, 5.41) is 12.2. The molecule has 6 nitrogen and oxygen atoms in total. The van der Waals surface area contributed by atoms with Crippen molar-refractivity contribution in [2.24, 2.45) is 16.3 Å². The van der Waals surface area contributed by atoms with Crippen LogP contribution < -0.4 is 5.73 Å². The standard InChI is InChI=1S/C14H23N3O3/c15-12(16-19)14(6-1-2-7-14)13(18)17-8-9-20-11-5-3-4-10(11)17/h10-11,19H,1-9H2,(H2,15,16). The minimum absolute atomic E-state index is 0.0468. The van der Waals surface area contributed by atoms with E-state index in [1.165, 1.54) is 0 Å². The van der Waals surface area contributed by atoms with Gasteiger partial charge in [-0.1, -0.05) is 18.0 Å². The van der Waals surface area contributed by atoms with Gasteiger partial charge in [-0.15, -0.1) is 0 Å². The van der Waals surface area contributed by atoms with E-state index in [2.05, 4.69) is 5.16 Å². The van der Waals surface area contributed by atoms with Crippen molar-refractivity contribution in [2.75, 3.05) is 13.2 Å². The van der Waals surface area contributed by atoms with Crippen LogP contribution in [0.25, 0.3) is 0 Å². The lowest BCUT2D eigenvalue weighted by Crippen LogP contribution is -2.58. The first-order valence-electron chi connectivity index (χ1n) is 7.60. The number of oxime groups is 1. The molecule has 0 radical (unpaired) electrons. The molecule has 20 heavy (non-hydrogen) atoms. The van der Waals surface area contributed by atoms with Crippen LogP contribution in [0.3, 0.4) is 0 Å². The van der Waals surface area contributed by atoms with Gasteiger partial charge in [-0.2, -0.15) is 0 Å². The molecule has 2 unspecified atom stereocenters. The molecule has 3 fully saturated rings. The summed E-state index contributed by atoms with van der Waals surface area (Å²) in [6.45, 7) is 1.22. The molecule has 112 valence electrons. The van der Waals surface area contributed by atoms with E-state index in [-0.39, 0.29) is 23.9 Å². The van der Waals surface area contributed by atoms with E-state index in [1.54, 1.807) is 0 Å². The molecule has 0 aromatic rings. The number of hydrogen-bond acceptors (Lipinski definition) is 4. The third kappa shape index (κ3) is 1.97. The molecule has 6 heteroatoms. The van der Waals surface area contributed by atoms with Crippen LogP contribution in [-0.2, 0) is 9.53 Å². The number of carbonyl (C=O) groups excluding carboxylic acids is 1. The normalized spacial score (nSPS) is 33.2. The second-order valence-electron chi connectivity index (χ2n) is 6.18. The number of fused-ring (bicyclic) bond motifs is 1. The van der Waals surface area contributed by atoms with E-state index in [0.717, 1.165) is 32.1 Å². The molecular formula is C14H23N3O3. The summed E-state index contributed by atoms with van der Waals surface area (Å²) < 4.78 is 5.76. The first-order valence-corrected chi connectivity index (χ1v) is 7.60. The van der Waals surface area contributed by atoms with Gasteiger partial charge in [-0.3, -0.25) is 4.79 Å². The van der Waals surface area contributed by atoms with Crippen molar-refractivity contribution in [2.45, 2.75) is 57.1 Å². The van der Waals surface area contributed by atoms with Crippen molar-refractivity contribution in [1.29, 1.82) is 0 Å². The van der Waals surface area contributed by atoms with Crippen LogP contribution in [0.15, 0.2) is 5.16 Å². The quantitative estimate of drug-likeness (QED) is 0.343. The van der Waals surface area contributed by atoms with Crippen molar-refractivity contribution in [3.8, 4) is 0 Å². The molecule has 1 amide bonds. The van der Waals surface area contributed by atoms with Crippen LogP contribution in [0.2, 0.25) is 0 Å². The molecule has 1 heterocycles. The number of amidine groups is 1. The predicted octanol–water partition coefficient (Wildman–Crippen LogP) is 1.07. The molecule has 0 aromatic carbocycles. The number of ether oxygens (including phenoxy) is 1. The topological polar surface area (TPSA) is 88.2 Å². The minimum Gasteiger partial charge on any atom is -0.409 e. The zero-order chi connectivity index (χ0) is 14.2. The number of rotatable bonds is 2. The van der Waals surface area contributed by atoms with E-state index in [1.807, 2.05) is 4.90 Å². The molecule has 2 aliphatic carbocycles. The lowest BCUT2D eigenvalue weighted by molar-refractivity contribution is -0.151. The highest BCUT2D eigenvalue weighted by molar-refractivity contribution is 6.07. The Kier molecular flexibility index (Phi) is 3.58. The van der Waals surface area contributed by atoms with Gasteiger partial charge >= 0.3 is 0 Å². The monoisotopic (exact) mass is 281 g/mol. The number of nitrogens with two attached hydrogens (primary N) is 1. The number of amides is 1. The molecule has 2 saturated carbocycles. The zero-order valence-corrected chi connectivity index (χ0v) is 11.8. The second-order valence-corrected chi connectivity index (χ2v) is 6.18. The van der Waals surface area contributed by atoms with E-state index < -0.39 is 5.41 Å². The summed E-state index contributed by atoms with van der Waals surface area (Å²) in [5.41, 5.74) is 5.10. The molecule has 3 N–H and O–H groups in total. The molecule has 0 spiro atoms. The second kappa shape index (κ2) is 5.24. The lowest BCUT2D eigenvalue weighted by atomic mass is 9.82. The average molecular weight is 281 g/mol. The Hall–Kier alpha value is -1.30. The number of hydrogen-bond donors (Lipinski definition) is 2. The van der Waals surface area contributed by atoms with Crippen molar-refractivity contribution >= 4 is 11.7 Å². The predicted molar refractivity (Wildman–Crippen MR) is 73.4 cm³/mol. The summed E-state index contributed by atoms with van der Waals surface area (Å²) >= 11 is 0. The van der Waals surface area contributed by atoms with Crippen molar-refractivity contribution in [1.82, 2.24) is 4.90 Å². The molecule has 3 aliphatic rings. The Morgan fingerprint density at radius 3 is 2.75 bits per heavy atom. The Labute approximate surface area is 118 Å². The van der Waals surface area contributed by atoms with Gasteiger partial charge in [-0.05, 0) is 32.1 Å². The fraction of sp³-hybridized carbons (Fsp3) is 0.857. The molecule has 1 saturated heterocycles. The largest absolute Gasteiger partial charge is 0.409 e. The summed E-state index contributed by atoms with van der Waals surface area (Å²) in [6, 6.07) is 0.181. The Morgan fingerprint density at radius 1 is 1.30 bits per heavy atom. The SMILES string of the molecule is NC(=NO)C1(C(=O)N2CCOC3CCCC32)CCCC1. The third-order valence-corrected chi connectivity index (χ3v) is 5.21. The van der Waals surface area contributed by atoms with Crippen LogP contribution in [0, 0.1) is 5.41 Å². The number of nitrogens with zero attached hydrogens (tertiary/aromatic N) is 2. The van der Waals surface area contributed by atoms with Crippen molar-refractivity contribution in [3.05, 3.63) is 0 Å². The van der Waals surface area contributed by atoms with Gasteiger partial charge in [-0.25, -0.2) is 0 Å². The lowest BCUT2D eigenvalue weighted by Gasteiger charge is -2.42. The van der Waals surface area contributed by atoms with Crippen molar-refractivity contribution in [3.63, 3.8) is 0 Å². The summed E-state index contributed by atoms with van der Waals surface area (Å²) in [5.74, 6) is 0.131. The summed E-state index contributed by atoms with van der Waals surface area (Å²) in [7, 11) is 0. The molecule has 1 aliphatic heterocycles. The van der Waals surface area contributed by atoms with Crippen molar-refractivity contribution < 1.29 is 14.7 Å². The van der Waals surface area contributed by atoms with Gasteiger partial charge in [0.2, 0.25) is 5.91 Å². The Morgan fingerprint density at radius 2 is 2.05 bits per heavy atom. The van der Waals surface area contributed by atoms with Crippen LogP contribution in [0.5, 0.6) is 0 Å². The van der Waals surface area contributed by atoms with Crippen LogP contribution in [-0.4, -0.2) is 47.1 Å². The van der Waals surface area contributed by atoms with Gasteiger partial charge in [0.05, 0.1) is 18.8 Å². The smallest absolute Gasteiger partial charge is 0.236 e. The molecule has 3 rings (SSSR count). The zero-order valence-electron chi connectivity index (χ0n) is 11.8. The van der Waals surface area contributed by atoms with Crippen LogP contribution >= 0.6 is 0 Å². The molecule has 2 atom stereocenters. The van der Waals surface area contributed by atoms with Gasteiger partial charge in [0, 0.05) is 6.54 Å². The Balaban J connectivity index is 1.86. The van der Waals surface area contributed by atoms with E-state index in [4.69, 9.17) is 15.7 Å². The summed E-state index contributed by atoms with van der Waals surface area (Å²) in [6.07, 6.45) is 6.62. The van der Waals surface area contributed by atoms with Gasteiger partial charge < -0.3 is 20.6 Å². The van der Waals surface area contributed by atoms with Crippen LogP contribution in [0.4, 0.5) is 0 Å². The molecule has 0 aromatic heterocycles. The first kappa shape index (κ1) is 13.7. The van der Waals surface area contributed by atoms with Gasteiger partial charge in [0.1, 0.15) is 5.41 Å². The fourth-order valence-electron chi connectivity index (χ4n) is 4.11. The van der Waals surface area contributed by atoms with E-state index in [0.29, 0.717) is 26.0 Å². The average Bonchev–Trinajstić information content (AvgIpc) is 3.14. The first-order chi connectivity index (χ1) is 9.69. The minimum atomic E-state index is -0.779. The third-order valence-electron chi connectivity index (χ3n) is 5.21. The maximum absolute atomic E-state index is 13.1. The van der Waals surface area contributed by atoms with Gasteiger partial charge in [0.15, 0.2) is 5.84 Å². The Bertz CT molecular complexity index is 418. The van der Waals surface area contributed by atoms with E-state index in [9.17, 15) is 4.79 Å². The molecule has 0 bridgehead atoms. The maximum atomic E-state index is 13.1. The summed E-state index contributed by atoms with van der Waals surface area (Å²) in [4.78, 5) is 15.0. The highest BCUT2D eigenvalue weighted by Gasteiger charge is 2.50. The fourth-order valence-corrected chi connectivity index (χ4v) is 4.11. The van der Waals surface area contributed by atoms with Gasteiger partial charge in [0.25, 0.3) is 0 Å².